The van der Waals surface area contributed by atoms with Gasteiger partial charge in [0.2, 0.25) is 0 Å². The summed E-state index contributed by atoms with van der Waals surface area (Å²) >= 11 is 0. The minimum Gasteiger partial charge on any atom is -0.351 e. The number of rotatable bonds is 2. The predicted octanol–water partition coefficient (Wildman–Crippen LogP) is 3.30. The summed E-state index contributed by atoms with van der Waals surface area (Å²) in [5, 5.41) is 10.9. The number of benzene rings is 2. The molecule has 21 heavy (non-hydrogen) atoms. The van der Waals surface area contributed by atoms with Crippen LogP contribution in [0.4, 0.5) is 5.69 Å². The average molecular weight is 276 g/mol. The number of aromatic nitrogens is 3. The average Bonchev–Trinajstić information content (AvgIpc) is 3.07. The molecule has 0 radical (unpaired) electrons. The van der Waals surface area contributed by atoms with E-state index < -0.39 is 0 Å². The van der Waals surface area contributed by atoms with E-state index in [-0.39, 0.29) is 5.91 Å². The Morgan fingerprint density at radius 1 is 1.00 bits per heavy atom. The van der Waals surface area contributed by atoms with Crippen molar-refractivity contribution in [1.29, 1.82) is 0 Å². The molecule has 0 saturated heterocycles. The molecule has 0 bridgehead atoms. The molecule has 2 heterocycles. The normalized spacial score (nSPS) is 11.0. The molecule has 2 aromatic carbocycles. The third-order valence-electron chi connectivity index (χ3n) is 3.47. The monoisotopic (exact) mass is 276 g/mol. The number of nitrogens with one attached hydrogen (secondary N) is 3. The van der Waals surface area contributed by atoms with Gasteiger partial charge in [0.1, 0.15) is 11.2 Å². The first-order chi connectivity index (χ1) is 10.3. The van der Waals surface area contributed by atoms with Crippen molar-refractivity contribution < 1.29 is 4.79 Å². The Morgan fingerprint density at radius 2 is 1.76 bits per heavy atom. The Bertz CT molecular complexity index is 937. The predicted molar refractivity (Wildman–Crippen MR) is 82.3 cm³/mol. The van der Waals surface area contributed by atoms with Gasteiger partial charge in [-0.3, -0.25) is 9.89 Å². The standard InChI is InChI=1S/C16H12N4O/c21-16(17-10-6-2-1-3-7-10)15-14-13(19-20-15)11-8-4-5-9-12(11)18-14/h1-9,18H,(H,17,21)(H,19,20). The lowest BCUT2D eigenvalue weighted by molar-refractivity contribution is 0.102. The van der Waals surface area contributed by atoms with Gasteiger partial charge in [0, 0.05) is 16.6 Å². The first kappa shape index (κ1) is 11.7. The molecule has 0 aliphatic rings. The lowest BCUT2D eigenvalue weighted by atomic mass is 10.2. The van der Waals surface area contributed by atoms with Crippen LogP contribution in [0.25, 0.3) is 21.9 Å². The maximum absolute atomic E-state index is 12.4. The van der Waals surface area contributed by atoms with Crippen LogP contribution in [0.1, 0.15) is 10.5 Å². The minimum absolute atomic E-state index is 0.213. The molecule has 0 aliphatic heterocycles. The SMILES string of the molecule is O=C(Nc1ccccc1)c1[nH]nc2c1[nH]c1ccccc12. The highest BCUT2D eigenvalue weighted by molar-refractivity contribution is 6.15. The van der Waals surface area contributed by atoms with Gasteiger partial charge < -0.3 is 10.3 Å². The number of amides is 1. The van der Waals surface area contributed by atoms with Gasteiger partial charge in [-0.1, -0.05) is 36.4 Å². The van der Waals surface area contributed by atoms with Crippen LogP contribution in [-0.4, -0.2) is 21.1 Å². The summed E-state index contributed by atoms with van der Waals surface area (Å²) in [6.45, 7) is 0. The number of fused-ring (bicyclic) bond motifs is 3. The fourth-order valence-electron chi connectivity index (χ4n) is 2.47. The fourth-order valence-corrected chi connectivity index (χ4v) is 2.47. The van der Waals surface area contributed by atoms with Gasteiger partial charge in [-0.2, -0.15) is 5.10 Å². The lowest BCUT2D eigenvalue weighted by Gasteiger charge is -2.02. The zero-order valence-corrected chi connectivity index (χ0v) is 11.1. The van der Waals surface area contributed by atoms with Crippen LogP contribution in [0.5, 0.6) is 0 Å². The van der Waals surface area contributed by atoms with Crippen LogP contribution in [0.2, 0.25) is 0 Å². The number of carbonyl (C=O) groups excluding carboxylic acids is 1. The van der Waals surface area contributed by atoms with Crippen molar-refractivity contribution in [2.24, 2.45) is 0 Å². The van der Waals surface area contributed by atoms with Crippen LogP contribution in [-0.2, 0) is 0 Å². The molecule has 4 rings (SSSR count). The molecular weight excluding hydrogens is 264 g/mol. The van der Waals surface area contributed by atoms with E-state index >= 15 is 0 Å². The largest absolute Gasteiger partial charge is 0.351 e. The number of hydrogen-bond donors (Lipinski definition) is 3. The summed E-state index contributed by atoms with van der Waals surface area (Å²) in [6.07, 6.45) is 0. The Labute approximate surface area is 120 Å². The molecule has 0 saturated carbocycles. The van der Waals surface area contributed by atoms with Crippen LogP contribution in [0, 0.1) is 0 Å². The summed E-state index contributed by atoms with van der Waals surface area (Å²) in [7, 11) is 0. The highest BCUT2D eigenvalue weighted by Gasteiger charge is 2.17. The topological polar surface area (TPSA) is 73.6 Å². The molecule has 0 atom stereocenters. The minimum atomic E-state index is -0.213. The van der Waals surface area contributed by atoms with Gasteiger partial charge in [0.15, 0.2) is 0 Å². The van der Waals surface area contributed by atoms with E-state index in [4.69, 9.17) is 0 Å². The van der Waals surface area contributed by atoms with Crippen LogP contribution in [0.3, 0.4) is 0 Å². The molecule has 0 aliphatic carbocycles. The summed E-state index contributed by atoms with van der Waals surface area (Å²) < 4.78 is 0. The van der Waals surface area contributed by atoms with Crippen molar-refractivity contribution in [3.63, 3.8) is 0 Å². The highest BCUT2D eigenvalue weighted by atomic mass is 16.1. The lowest BCUT2D eigenvalue weighted by Crippen LogP contribution is -2.12. The molecule has 2 aromatic heterocycles. The quantitative estimate of drug-likeness (QED) is 0.525. The first-order valence-electron chi connectivity index (χ1n) is 6.64. The third kappa shape index (κ3) is 1.87. The van der Waals surface area contributed by atoms with E-state index in [0.717, 1.165) is 27.6 Å². The van der Waals surface area contributed by atoms with Gasteiger partial charge in [0.05, 0.1) is 5.52 Å². The van der Waals surface area contributed by atoms with Gasteiger partial charge in [-0.05, 0) is 18.2 Å². The van der Waals surface area contributed by atoms with Crippen molar-refractivity contribution in [2.75, 3.05) is 5.32 Å². The summed E-state index contributed by atoms with van der Waals surface area (Å²) in [6, 6.07) is 17.2. The molecule has 1 amide bonds. The molecule has 0 spiro atoms. The van der Waals surface area contributed by atoms with Crippen molar-refractivity contribution in [2.45, 2.75) is 0 Å². The Balaban J connectivity index is 1.78. The maximum Gasteiger partial charge on any atom is 0.275 e. The second-order valence-corrected chi connectivity index (χ2v) is 4.81. The molecule has 4 aromatic rings. The van der Waals surface area contributed by atoms with E-state index in [1.807, 2.05) is 54.6 Å². The van der Waals surface area contributed by atoms with Gasteiger partial charge in [-0.25, -0.2) is 0 Å². The number of carbonyl (C=O) groups is 1. The van der Waals surface area contributed by atoms with E-state index in [9.17, 15) is 4.79 Å². The molecule has 5 heteroatoms. The third-order valence-corrected chi connectivity index (χ3v) is 3.47. The Kier molecular flexibility index (Phi) is 2.50. The number of aromatic amines is 2. The Morgan fingerprint density at radius 3 is 2.62 bits per heavy atom. The molecule has 0 fully saturated rings. The van der Waals surface area contributed by atoms with Crippen LogP contribution in [0.15, 0.2) is 54.6 Å². The van der Waals surface area contributed by atoms with Gasteiger partial charge in [0.25, 0.3) is 5.91 Å². The van der Waals surface area contributed by atoms with E-state index in [1.54, 1.807) is 0 Å². The number of para-hydroxylation sites is 2. The molecule has 0 unspecified atom stereocenters. The highest BCUT2D eigenvalue weighted by Crippen LogP contribution is 2.25. The molecule has 5 nitrogen and oxygen atoms in total. The second kappa shape index (κ2) is 4.49. The molecule has 102 valence electrons. The van der Waals surface area contributed by atoms with Crippen molar-refractivity contribution in [3.8, 4) is 0 Å². The smallest absolute Gasteiger partial charge is 0.275 e. The van der Waals surface area contributed by atoms with Crippen molar-refractivity contribution in [3.05, 3.63) is 60.3 Å². The van der Waals surface area contributed by atoms with E-state index in [1.165, 1.54) is 0 Å². The summed E-state index contributed by atoms with van der Waals surface area (Å²) in [5.41, 5.74) is 3.66. The number of nitrogens with zero attached hydrogens (tertiary/aromatic N) is 1. The zero-order chi connectivity index (χ0) is 14.2. The number of H-pyrrole nitrogens is 2. The zero-order valence-electron chi connectivity index (χ0n) is 11.1. The molecular formula is C16H12N4O. The number of hydrogen-bond acceptors (Lipinski definition) is 2. The second-order valence-electron chi connectivity index (χ2n) is 4.81. The Hall–Kier alpha value is -3.08. The van der Waals surface area contributed by atoms with E-state index in [2.05, 4.69) is 20.5 Å². The van der Waals surface area contributed by atoms with Crippen LogP contribution >= 0.6 is 0 Å². The maximum atomic E-state index is 12.4. The number of anilines is 1. The molecule has 3 N–H and O–H groups in total. The summed E-state index contributed by atoms with van der Waals surface area (Å²) in [5.74, 6) is -0.213. The van der Waals surface area contributed by atoms with Crippen LogP contribution < -0.4 is 5.32 Å². The van der Waals surface area contributed by atoms with Gasteiger partial charge >= 0.3 is 0 Å². The first-order valence-corrected chi connectivity index (χ1v) is 6.64. The van der Waals surface area contributed by atoms with Crippen molar-refractivity contribution in [1.82, 2.24) is 15.2 Å². The van der Waals surface area contributed by atoms with Gasteiger partial charge in [-0.15, -0.1) is 0 Å². The fraction of sp³-hybridized carbons (Fsp3) is 0. The summed E-state index contributed by atoms with van der Waals surface area (Å²) in [4.78, 5) is 15.6. The van der Waals surface area contributed by atoms with Crippen molar-refractivity contribution >= 4 is 33.5 Å². The van der Waals surface area contributed by atoms with E-state index in [0.29, 0.717) is 5.69 Å².